The number of carboxylic acid groups (broad SMARTS) is 1. The molecule has 1 heterocycles. The summed E-state index contributed by atoms with van der Waals surface area (Å²) in [6.45, 7) is 2.68. The van der Waals surface area contributed by atoms with Gasteiger partial charge < -0.3 is 29.2 Å². The van der Waals surface area contributed by atoms with E-state index in [2.05, 4.69) is 15.2 Å². The Balaban J connectivity index is 1.72. The largest absolute Gasteiger partial charge is 0.507 e. The SMILES string of the molecule is COCCOCCOCCOc1ccc(C2=NC(C(=O)O)N=N2)c(O)c1. The normalized spacial score (nSPS) is 15.9. The van der Waals surface area contributed by atoms with Crippen molar-refractivity contribution in [3.63, 3.8) is 0 Å². The number of rotatable bonds is 12. The predicted octanol–water partition coefficient (Wildman–Crippen LogP) is 1.07. The van der Waals surface area contributed by atoms with Gasteiger partial charge in [0.2, 0.25) is 0 Å². The number of phenolic OH excluding ortho intramolecular Hbond substituents is 1. The number of carbonyl (C=O) groups is 1. The van der Waals surface area contributed by atoms with Crippen molar-refractivity contribution in [2.75, 3.05) is 46.8 Å². The summed E-state index contributed by atoms with van der Waals surface area (Å²) in [5, 5.41) is 26.1. The molecule has 1 aliphatic rings. The third-order valence-electron chi connectivity index (χ3n) is 3.24. The second kappa shape index (κ2) is 10.4. The van der Waals surface area contributed by atoms with Crippen LogP contribution in [0.4, 0.5) is 0 Å². The number of benzene rings is 1. The molecule has 1 unspecified atom stereocenters. The zero-order valence-corrected chi connectivity index (χ0v) is 14.3. The number of aliphatic carboxylic acids is 1. The molecule has 0 saturated carbocycles. The van der Waals surface area contributed by atoms with Crippen LogP contribution in [0.5, 0.6) is 11.5 Å². The molecule has 2 rings (SSSR count). The highest BCUT2D eigenvalue weighted by molar-refractivity contribution is 6.03. The molecule has 2 N–H and O–H groups in total. The number of aliphatic imine (C=N–C) groups is 1. The van der Waals surface area contributed by atoms with Crippen LogP contribution in [0, 0.1) is 0 Å². The Morgan fingerprint density at radius 2 is 1.81 bits per heavy atom. The van der Waals surface area contributed by atoms with Crippen LogP contribution in [0.15, 0.2) is 33.4 Å². The zero-order valence-electron chi connectivity index (χ0n) is 14.3. The highest BCUT2D eigenvalue weighted by atomic mass is 16.6. The minimum atomic E-state index is -1.27. The van der Waals surface area contributed by atoms with Gasteiger partial charge in [0, 0.05) is 13.2 Å². The van der Waals surface area contributed by atoms with Crippen LogP contribution in [0.25, 0.3) is 0 Å². The van der Waals surface area contributed by atoms with Crippen molar-refractivity contribution < 1.29 is 34.0 Å². The predicted molar refractivity (Wildman–Crippen MR) is 89.9 cm³/mol. The van der Waals surface area contributed by atoms with Gasteiger partial charge in [-0.15, -0.1) is 10.2 Å². The Kier molecular flexibility index (Phi) is 7.93. The van der Waals surface area contributed by atoms with Gasteiger partial charge in [0.1, 0.15) is 18.1 Å². The second-order valence-corrected chi connectivity index (χ2v) is 5.13. The van der Waals surface area contributed by atoms with Gasteiger partial charge in [-0.2, -0.15) is 0 Å². The summed E-state index contributed by atoms with van der Waals surface area (Å²) in [5.41, 5.74) is 0.286. The third kappa shape index (κ3) is 6.06. The Bertz CT molecular complexity index is 663. The Labute approximate surface area is 150 Å². The summed E-state index contributed by atoms with van der Waals surface area (Å²) in [4.78, 5) is 14.6. The van der Waals surface area contributed by atoms with E-state index >= 15 is 0 Å². The van der Waals surface area contributed by atoms with E-state index in [4.69, 9.17) is 24.1 Å². The first-order valence-electron chi connectivity index (χ1n) is 7.94. The van der Waals surface area contributed by atoms with Crippen molar-refractivity contribution in [2.24, 2.45) is 15.2 Å². The van der Waals surface area contributed by atoms with Crippen molar-refractivity contribution in [1.82, 2.24) is 0 Å². The number of methoxy groups -OCH3 is 1. The molecule has 26 heavy (non-hydrogen) atoms. The number of amidine groups is 1. The van der Waals surface area contributed by atoms with Crippen LogP contribution in [0.1, 0.15) is 5.56 Å². The Morgan fingerprint density at radius 1 is 1.12 bits per heavy atom. The summed E-state index contributed by atoms with van der Waals surface area (Å²) in [5.74, 6) is -0.819. The van der Waals surface area contributed by atoms with Gasteiger partial charge in [0.05, 0.1) is 38.6 Å². The number of azo groups is 1. The van der Waals surface area contributed by atoms with E-state index in [0.29, 0.717) is 45.4 Å². The fourth-order valence-electron chi connectivity index (χ4n) is 1.98. The number of hydrogen-bond donors (Lipinski definition) is 2. The van der Waals surface area contributed by atoms with Crippen LogP contribution in [0.3, 0.4) is 0 Å². The molecule has 1 aliphatic heterocycles. The van der Waals surface area contributed by atoms with Gasteiger partial charge in [-0.25, -0.2) is 9.79 Å². The molecule has 0 saturated heterocycles. The Morgan fingerprint density at radius 3 is 2.42 bits per heavy atom. The lowest BCUT2D eigenvalue weighted by molar-refractivity contribution is -0.138. The summed E-state index contributed by atoms with van der Waals surface area (Å²) in [7, 11) is 1.61. The molecule has 0 spiro atoms. The topological polar surface area (TPSA) is 132 Å². The fourth-order valence-corrected chi connectivity index (χ4v) is 1.98. The van der Waals surface area contributed by atoms with Gasteiger partial charge in [0.15, 0.2) is 5.84 Å². The van der Waals surface area contributed by atoms with Crippen molar-refractivity contribution in [3.8, 4) is 11.5 Å². The number of hydrogen-bond acceptors (Lipinski definition) is 9. The molecule has 1 atom stereocenters. The van der Waals surface area contributed by atoms with E-state index in [1.54, 1.807) is 13.2 Å². The van der Waals surface area contributed by atoms with Crippen molar-refractivity contribution in [1.29, 1.82) is 0 Å². The van der Waals surface area contributed by atoms with Gasteiger partial charge in [0.25, 0.3) is 6.17 Å². The molecule has 142 valence electrons. The molecule has 1 aromatic rings. The maximum absolute atomic E-state index is 10.8. The van der Waals surface area contributed by atoms with Gasteiger partial charge in [-0.05, 0) is 12.1 Å². The molecule has 10 nitrogen and oxygen atoms in total. The van der Waals surface area contributed by atoms with E-state index in [0.717, 1.165) is 0 Å². The van der Waals surface area contributed by atoms with Gasteiger partial charge >= 0.3 is 5.97 Å². The van der Waals surface area contributed by atoms with Crippen molar-refractivity contribution in [3.05, 3.63) is 23.8 Å². The van der Waals surface area contributed by atoms with Crippen molar-refractivity contribution >= 4 is 11.8 Å². The van der Waals surface area contributed by atoms with Crippen molar-refractivity contribution in [2.45, 2.75) is 6.17 Å². The summed E-state index contributed by atoms with van der Waals surface area (Å²) < 4.78 is 20.9. The summed E-state index contributed by atoms with van der Waals surface area (Å²) in [6, 6.07) is 4.56. The van der Waals surface area contributed by atoms with Gasteiger partial charge in [-0.1, -0.05) is 0 Å². The van der Waals surface area contributed by atoms with E-state index in [-0.39, 0.29) is 17.1 Å². The van der Waals surface area contributed by atoms with Gasteiger partial charge in [-0.3, -0.25) is 0 Å². The summed E-state index contributed by atoms with van der Waals surface area (Å²) in [6.07, 6.45) is -1.27. The second-order valence-electron chi connectivity index (χ2n) is 5.13. The van der Waals surface area contributed by atoms with E-state index in [9.17, 15) is 9.90 Å². The maximum atomic E-state index is 10.8. The lowest BCUT2D eigenvalue weighted by atomic mass is 10.2. The fraction of sp³-hybridized carbons (Fsp3) is 0.500. The molecule has 10 heteroatoms. The minimum Gasteiger partial charge on any atom is -0.507 e. The van der Waals surface area contributed by atoms with Crippen LogP contribution in [-0.4, -0.2) is 74.9 Å². The van der Waals surface area contributed by atoms with Crippen LogP contribution >= 0.6 is 0 Å². The van der Waals surface area contributed by atoms with Crippen LogP contribution in [-0.2, 0) is 19.0 Å². The molecule has 0 radical (unpaired) electrons. The number of carboxylic acids is 1. The van der Waals surface area contributed by atoms with E-state index in [1.165, 1.54) is 12.1 Å². The zero-order chi connectivity index (χ0) is 18.8. The van der Waals surface area contributed by atoms with Crippen LogP contribution in [0.2, 0.25) is 0 Å². The molecule has 0 bridgehead atoms. The molecular weight excluding hydrogens is 346 g/mol. The molecule has 0 aliphatic carbocycles. The number of phenols is 1. The first kappa shape index (κ1) is 19.8. The third-order valence-corrected chi connectivity index (χ3v) is 3.24. The number of ether oxygens (including phenoxy) is 4. The maximum Gasteiger partial charge on any atom is 0.353 e. The number of nitrogens with zero attached hydrogens (tertiary/aromatic N) is 3. The molecule has 0 aromatic heterocycles. The van der Waals surface area contributed by atoms with E-state index < -0.39 is 12.1 Å². The highest BCUT2D eigenvalue weighted by Crippen LogP contribution is 2.26. The van der Waals surface area contributed by atoms with Crippen LogP contribution < -0.4 is 4.74 Å². The lowest BCUT2D eigenvalue weighted by Crippen LogP contribution is -2.13. The molecule has 0 fully saturated rings. The highest BCUT2D eigenvalue weighted by Gasteiger charge is 2.23. The average molecular weight is 367 g/mol. The molecule has 0 amide bonds. The monoisotopic (exact) mass is 367 g/mol. The smallest absolute Gasteiger partial charge is 0.353 e. The number of aromatic hydroxyl groups is 1. The quantitative estimate of drug-likeness (QED) is 0.528. The minimum absolute atomic E-state index is 0.0678. The lowest BCUT2D eigenvalue weighted by Gasteiger charge is -2.09. The first-order valence-corrected chi connectivity index (χ1v) is 7.94. The Hall–Kier alpha value is -2.56. The average Bonchev–Trinajstić information content (AvgIpc) is 3.10. The molecule has 1 aromatic carbocycles. The molecular formula is C16H21N3O7. The standard InChI is InChI=1S/C16H21N3O7/c1-23-4-5-24-6-7-25-8-9-26-11-2-3-12(13(20)10-11)14-17-15(16(21)22)19-18-14/h2-3,10,15,20H,4-9H2,1H3,(H,21,22). The summed E-state index contributed by atoms with van der Waals surface area (Å²) >= 11 is 0. The van der Waals surface area contributed by atoms with E-state index in [1.807, 2.05) is 0 Å². The first-order chi connectivity index (χ1) is 12.6.